The van der Waals surface area contributed by atoms with E-state index in [-0.39, 0.29) is 18.4 Å². The standard InChI is InChI=1S/C15H19NO3S/c1-10-4-5-13(19-10)15(3,18)9-16-14(17)11(2)12-6-7-20-8-12/h4-8,11,18H,9H2,1-3H3,(H,16,17). The van der Waals surface area contributed by atoms with Crippen LogP contribution in [0.2, 0.25) is 0 Å². The Kier molecular flexibility index (Phi) is 4.30. The van der Waals surface area contributed by atoms with Crippen LogP contribution in [-0.4, -0.2) is 17.6 Å². The predicted molar refractivity (Wildman–Crippen MR) is 78.8 cm³/mol. The molecule has 5 heteroatoms. The zero-order valence-corrected chi connectivity index (χ0v) is 12.7. The molecule has 0 fully saturated rings. The van der Waals surface area contributed by atoms with E-state index in [1.165, 1.54) is 0 Å². The maximum absolute atomic E-state index is 12.1. The lowest BCUT2D eigenvalue weighted by Gasteiger charge is -2.22. The van der Waals surface area contributed by atoms with Gasteiger partial charge in [0.15, 0.2) is 0 Å². The zero-order valence-electron chi connectivity index (χ0n) is 11.8. The number of hydrogen-bond donors (Lipinski definition) is 2. The topological polar surface area (TPSA) is 62.5 Å². The van der Waals surface area contributed by atoms with Gasteiger partial charge in [-0.3, -0.25) is 4.79 Å². The lowest BCUT2D eigenvalue weighted by Crippen LogP contribution is -2.40. The van der Waals surface area contributed by atoms with Crippen molar-refractivity contribution in [3.05, 3.63) is 46.0 Å². The Hall–Kier alpha value is -1.59. The maximum Gasteiger partial charge on any atom is 0.227 e. The van der Waals surface area contributed by atoms with Crippen LogP contribution in [0.5, 0.6) is 0 Å². The fraction of sp³-hybridized carbons (Fsp3) is 0.400. The number of aliphatic hydroxyl groups is 1. The van der Waals surface area contributed by atoms with E-state index in [1.807, 2.05) is 30.7 Å². The van der Waals surface area contributed by atoms with Crippen LogP contribution in [0, 0.1) is 6.92 Å². The molecule has 2 rings (SSSR count). The molecule has 4 nitrogen and oxygen atoms in total. The van der Waals surface area contributed by atoms with E-state index in [0.29, 0.717) is 5.76 Å². The molecule has 2 heterocycles. The quantitative estimate of drug-likeness (QED) is 0.891. The third kappa shape index (κ3) is 3.29. The van der Waals surface area contributed by atoms with Gasteiger partial charge >= 0.3 is 0 Å². The summed E-state index contributed by atoms with van der Waals surface area (Å²) in [6.07, 6.45) is 0. The molecule has 0 bridgehead atoms. The summed E-state index contributed by atoms with van der Waals surface area (Å²) in [6, 6.07) is 5.45. The molecule has 2 atom stereocenters. The van der Waals surface area contributed by atoms with Crippen LogP contribution in [0.1, 0.15) is 36.8 Å². The van der Waals surface area contributed by atoms with Gasteiger partial charge in [0.25, 0.3) is 0 Å². The zero-order chi connectivity index (χ0) is 14.8. The summed E-state index contributed by atoms with van der Waals surface area (Å²) in [5, 5.41) is 17.0. The fourth-order valence-electron chi connectivity index (χ4n) is 1.90. The Bertz CT molecular complexity index is 572. The van der Waals surface area contributed by atoms with Crippen molar-refractivity contribution in [3.8, 4) is 0 Å². The van der Waals surface area contributed by atoms with Gasteiger partial charge in [0.1, 0.15) is 17.1 Å². The molecule has 2 aromatic rings. The number of rotatable bonds is 5. The molecular formula is C15H19NO3S. The molecule has 20 heavy (non-hydrogen) atoms. The van der Waals surface area contributed by atoms with Crippen molar-refractivity contribution in [2.24, 2.45) is 0 Å². The highest BCUT2D eigenvalue weighted by Crippen LogP contribution is 2.23. The molecule has 2 unspecified atom stereocenters. The monoisotopic (exact) mass is 293 g/mol. The van der Waals surface area contributed by atoms with Gasteiger partial charge in [0.05, 0.1) is 12.5 Å². The van der Waals surface area contributed by atoms with Gasteiger partial charge in [-0.2, -0.15) is 11.3 Å². The van der Waals surface area contributed by atoms with E-state index in [9.17, 15) is 9.90 Å². The van der Waals surface area contributed by atoms with Crippen molar-refractivity contribution in [3.63, 3.8) is 0 Å². The van der Waals surface area contributed by atoms with Gasteiger partial charge in [0, 0.05) is 0 Å². The maximum atomic E-state index is 12.1. The van der Waals surface area contributed by atoms with Crippen LogP contribution in [-0.2, 0) is 10.4 Å². The molecule has 2 aromatic heterocycles. The van der Waals surface area contributed by atoms with E-state index >= 15 is 0 Å². The van der Waals surface area contributed by atoms with Crippen LogP contribution in [0.4, 0.5) is 0 Å². The summed E-state index contributed by atoms with van der Waals surface area (Å²) < 4.78 is 5.41. The Morgan fingerprint density at radius 1 is 1.50 bits per heavy atom. The minimum Gasteiger partial charge on any atom is -0.463 e. The number of carbonyl (C=O) groups excluding carboxylic acids is 1. The van der Waals surface area contributed by atoms with E-state index in [0.717, 1.165) is 11.3 Å². The third-order valence-corrected chi connectivity index (χ3v) is 4.02. The van der Waals surface area contributed by atoms with Gasteiger partial charge in [-0.15, -0.1) is 0 Å². The van der Waals surface area contributed by atoms with Crippen molar-refractivity contribution >= 4 is 17.2 Å². The molecule has 0 aliphatic rings. The summed E-state index contributed by atoms with van der Waals surface area (Å²) >= 11 is 1.56. The summed E-state index contributed by atoms with van der Waals surface area (Å²) in [7, 11) is 0. The first-order valence-electron chi connectivity index (χ1n) is 6.49. The molecule has 0 spiro atoms. The summed E-state index contributed by atoms with van der Waals surface area (Å²) in [4.78, 5) is 12.1. The number of thiophene rings is 1. The van der Waals surface area contributed by atoms with Crippen molar-refractivity contribution in [2.75, 3.05) is 6.54 Å². The minimum atomic E-state index is -1.21. The Balaban J connectivity index is 1.96. The molecule has 108 valence electrons. The molecule has 2 N–H and O–H groups in total. The number of carbonyl (C=O) groups is 1. The first kappa shape index (κ1) is 14.8. The highest BCUT2D eigenvalue weighted by molar-refractivity contribution is 7.08. The van der Waals surface area contributed by atoms with Crippen LogP contribution in [0.3, 0.4) is 0 Å². The number of hydrogen-bond acceptors (Lipinski definition) is 4. The molecule has 0 aliphatic carbocycles. The Morgan fingerprint density at radius 3 is 2.80 bits per heavy atom. The van der Waals surface area contributed by atoms with Crippen LogP contribution < -0.4 is 5.32 Å². The number of aryl methyl sites for hydroxylation is 1. The molecule has 0 aromatic carbocycles. The molecular weight excluding hydrogens is 274 g/mol. The highest BCUT2D eigenvalue weighted by atomic mass is 32.1. The molecule has 0 saturated carbocycles. The van der Waals surface area contributed by atoms with E-state index in [4.69, 9.17) is 4.42 Å². The number of furan rings is 1. The lowest BCUT2D eigenvalue weighted by molar-refractivity contribution is -0.123. The van der Waals surface area contributed by atoms with E-state index in [2.05, 4.69) is 5.32 Å². The lowest BCUT2D eigenvalue weighted by atomic mass is 10.0. The van der Waals surface area contributed by atoms with Gasteiger partial charge < -0.3 is 14.8 Å². The SMILES string of the molecule is Cc1ccc(C(C)(O)CNC(=O)C(C)c2ccsc2)o1. The molecule has 0 saturated heterocycles. The number of amides is 1. The fourth-order valence-corrected chi connectivity index (χ4v) is 2.65. The molecule has 0 aliphatic heterocycles. The van der Waals surface area contributed by atoms with Crippen LogP contribution in [0.15, 0.2) is 33.4 Å². The first-order chi connectivity index (χ1) is 9.40. The second-order valence-corrected chi connectivity index (χ2v) is 5.96. The van der Waals surface area contributed by atoms with Crippen LogP contribution >= 0.6 is 11.3 Å². The van der Waals surface area contributed by atoms with Crippen molar-refractivity contribution in [1.82, 2.24) is 5.32 Å². The van der Waals surface area contributed by atoms with Gasteiger partial charge in [-0.05, 0) is 55.3 Å². The average Bonchev–Trinajstić information content (AvgIpc) is 3.06. The van der Waals surface area contributed by atoms with E-state index < -0.39 is 5.60 Å². The second-order valence-electron chi connectivity index (χ2n) is 5.18. The van der Waals surface area contributed by atoms with Gasteiger partial charge in [0.2, 0.25) is 5.91 Å². The van der Waals surface area contributed by atoms with Crippen molar-refractivity contribution in [2.45, 2.75) is 32.3 Å². The molecule has 0 radical (unpaired) electrons. The predicted octanol–water partition coefficient (Wildman–Crippen LogP) is 2.78. The highest BCUT2D eigenvalue weighted by Gasteiger charge is 2.28. The minimum absolute atomic E-state index is 0.105. The van der Waals surface area contributed by atoms with Crippen molar-refractivity contribution in [1.29, 1.82) is 0 Å². The second kappa shape index (κ2) is 5.81. The average molecular weight is 293 g/mol. The van der Waals surface area contributed by atoms with Gasteiger partial charge in [-0.1, -0.05) is 0 Å². The van der Waals surface area contributed by atoms with Crippen molar-refractivity contribution < 1.29 is 14.3 Å². The first-order valence-corrected chi connectivity index (χ1v) is 7.43. The van der Waals surface area contributed by atoms with Crippen LogP contribution in [0.25, 0.3) is 0 Å². The summed E-state index contributed by atoms with van der Waals surface area (Å²) in [6.45, 7) is 5.41. The largest absolute Gasteiger partial charge is 0.463 e. The van der Waals surface area contributed by atoms with Gasteiger partial charge in [-0.25, -0.2) is 0 Å². The third-order valence-electron chi connectivity index (χ3n) is 3.31. The number of nitrogens with one attached hydrogen (secondary N) is 1. The smallest absolute Gasteiger partial charge is 0.227 e. The summed E-state index contributed by atoms with van der Waals surface area (Å²) in [5.74, 6) is 0.860. The Labute approximate surface area is 122 Å². The summed E-state index contributed by atoms with van der Waals surface area (Å²) in [5.41, 5.74) is -0.223. The normalized spacial score (nSPS) is 15.6. The molecule has 1 amide bonds. The van der Waals surface area contributed by atoms with E-state index in [1.54, 1.807) is 30.4 Å². The Morgan fingerprint density at radius 2 is 2.25 bits per heavy atom.